The maximum atomic E-state index is 13.3. The molecule has 1 amide bonds. The Morgan fingerprint density at radius 2 is 2.03 bits per heavy atom. The van der Waals surface area contributed by atoms with E-state index in [1.807, 2.05) is 0 Å². The fraction of sp³-hybridized carbons (Fsp3) is 0.545. The van der Waals surface area contributed by atoms with Gasteiger partial charge in [-0.1, -0.05) is 12.1 Å². The molecule has 0 unspecified atom stereocenters. The van der Waals surface area contributed by atoms with Gasteiger partial charge in [0.15, 0.2) is 5.03 Å². The number of sulfonamides is 1. The number of benzene rings is 1. The van der Waals surface area contributed by atoms with E-state index < -0.39 is 34.4 Å². The number of rotatable bonds is 6. The number of aliphatic hydroxyl groups excluding tert-OH is 1. The van der Waals surface area contributed by atoms with Crippen molar-refractivity contribution >= 4 is 15.9 Å². The second-order valence-corrected chi connectivity index (χ2v) is 10.5. The minimum atomic E-state index is -3.97. The van der Waals surface area contributed by atoms with E-state index in [4.69, 9.17) is 9.47 Å². The van der Waals surface area contributed by atoms with E-state index in [1.165, 1.54) is 29.0 Å². The number of hydrogen-bond acceptors (Lipinski definition) is 7. The van der Waals surface area contributed by atoms with Crippen LogP contribution in [0.2, 0.25) is 0 Å². The molecule has 2 N–H and O–H groups in total. The first-order valence-corrected chi connectivity index (χ1v) is 12.6. The number of halogens is 1. The van der Waals surface area contributed by atoms with Gasteiger partial charge in [0.05, 0.1) is 50.3 Å². The maximum absolute atomic E-state index is 13.3. The number of amides is 1. The number of nitrogens with one attached hydrogen (secondary N) is 1. The topological polar surface area (TPSA) is 123 Å². The average Bonchev–Trinajstić information content (AvgIpc) is 3.23. The number of hydrogen-bond donors (Lipinski definition) is 2. The normalized spacial score (nSPS) is 26.3. The molecule has 3 heterocycles. The van der Waals surface area contributed by atoms with Gasteiger partial charge in [-0.2, -0.15) is 4.31 Å². The number of nitrogens with zero attached hydrogens (tertiary/aromatic N) is 3. The first kappa shape index (κ1) is 24.7. The number of aryl methyl sites for hydroxylation is 1. The lowest BCUT2D eigenvalue weighted by atomic mass is 9.96. The lowest BCUT2D eigenvalue weighted by molar-refractivity contribution is -0.146. The summed E-state index contributed by atoms with van der Waals surface area (Å²) in [5.41, 5.74) is 0.779. The van der Waals surface area contributed by atoms with Gasteiger partial charge in [-0.25, -0.2) is 17.8 Å². The smallest absolute Gasteiger partial charge is 0.262 e. The quantitative estimate of drug-likeness (QED) is 0.599. The van der Waals surface area contributed by atoms with Crippen LogP contribution in [0.15, 0.2) is 41.8 Å². The summed E-state index contributed by atoms with van der Waals surface area (Å²) in [6.45, 7) is 0.217. The molecule has 2 aromatic rings. The Hall–Kier alpha value is -2.38. The van der Waals surface area contributed by atoms with Crippen LogP contribution in [0, 0.1) is 5.82 Å². The third-order valence-electron chi connectivity index (χ3n) is 6.00. The zero-order valence-electron chi connectivity index (χ0n) is 18.8. The largest absolute Gasteiger partial charge is 0.389 e. The van der Waals surface area contributed by atoms with Crippen molar-refractivity contribution in [1.29, 1.82) is 0 Å². The fourth-order valence-electron chi connectivity index (χ4n) is 4.29. The summed E-state index contributed by atoms with van der Waals surface area (Å²) >= 11 is 0. The van der Waals surface area contributed by atoms with Crippen LogP contribution in [0.1, 0.15) is 24.8 Å². The molecule has 0 saturated carbocycles. The molecule has 34 heavy (non-hydrogen) atoms. The maximum Gasteiger partial charge on any atom is 0.262 e. The summed E-state index contributed by atoms with van der Waals surface area (Å²) in [6.07, 6.45) is 1.89. The number of aromatic nitrogens is 2. The summed E-state index contributed by atoms with van der Waals surface area (Å²) in [5.74, 6) is -0.554. The molecule has 2 fully saturated rings. The van der Waals surface area contributed by atoms with Crippen LogP contribution in [0.3, 0.4) is 0 Å². The summed E-state index contributed by atoms with van der Waals surface area (Å²) in [6, 6.07) is 5.33. The minimum absolute atomic E-state index is 0.0242. The predicted molar refractivity (Wildman–Crippen MR) is 118 cm³/mol. The van der Waals surface area contributed by atoms with Crippen molar-refractivity contribution in [2.45, 2.75) is 55.2 Å². The third kappa shape index (κ3) is 5.81. The van der Waals surface area contributed by atoms with Crippen molar-refractivity contribution < 1.29 is 32.2 Å². The van der Waals surface area contributed by atoms with Crippen molar-refractivity contribution in [3.8, 4) is 0 Å². The molecule has 2 saturated heterocycles. The van der Waals surface area contributed by atoms with Gasteiger partial charge in [-0.15, -0.1) is 0 Å². The van der Waals surface area contributed by atoms with E-state index in [1.54, 1.807) is 23.7 Å². The highest BCUT2D eigenvalue weighted by atomic mass is 32.2. The van der Waals surface area contributed by atoms with Crippen molar-refractivity contribution in [3.05, 3.63) is 48.2 Å². The molecule has 4 atom stereocenters. The van der Waals surface area contributed by atoms with Crippen molar-refractivity contribution in [1.82, 2.24) is 19.2 Å². The van der Waals surface area contributed by atoms with Gasteiger partial charge in [0.1, 0.15) is 5.82 Å². The van der Waals surface area contributed by atoms with Crippen LogP contribution in [0.5, 0.6) is 0 Å². The molecule has 0 radical (unpaired) electrons. The van der Waals surface area contributed by atoms with Crippen LogP contribution in [0.4, 0.5) is 4.39 Å². The van der Waals surface area contributed by atoms with E-state index in [2.05, 4.69) is 10.3 Å². The number of ether oxygens (including phenoxy) is 2. The zero-order chi connectivity index (χ0) is 24.3. The van der Waals surface area contributed by atoms with Gasteiger partial charge in [-0.05, 0) is 30.5 Å². The monoisotopic (exact) mass is 496 g/mol. The Kier molecular flexibility index (Phi) is 7.63. The van der Waals surface area contributed by atoms with E-state index in [9.17, 15) is 22.7 Å². The highest BCUT2D eigenvalue weighted by Gasteiger charge is 2.43. The molecule has 4 rings (SSSR count). The summed E-state index contributed by atoms with van der Waals surface area (Å²) in [5, 5.41) is 13.0. The molecule has 10 nitrogen and oxygen atoms in total. The number of carbonyl (C=O) groups is 1. The van der Waals surface area contributed by atoms with Crippen molar-refractivity contribution in [2.75, 3.05) is 19.8 Å². The molecule has 2 aliphatic heterocycles. The molecule has 0 bridgehead atoms. The molecular weight excluding hydrogens is 467 g/mol. The standard InChI is InChI=1S/C22H29FN4O6S/c1-26-11-22(25-14-26)34(30,31)27-10-17(28)12-32-13-20-19(27)7-6-18(33-20)8-21(29)24-9-15-2-4-16(23)5-3-15/h2-5,11,14,17-20,28H,6-10,12-13H2,1H3,(H,24,29)/t17-,18+,19-,20+/m1/s1. The molecule has 1 aromatic carbocycles. The number of fused-ring (bicyclic) bond motifs is 1. The lowest BCUT2D eigenvalue weighted by Crippen LogP contribution is -2.57. The van der Waals surface area contributed by atoms with E-state index in [0.29, 0.717) is 12.8 Å². The van der Waals surface area contributed by atoms with E-state index in [-0.39, 0.29) is 49.5 Å². The fourth-order valence-corrected chi connectivity index (χ4v) is 5.98. The zero-order valence-corrected chi connectivity index (χ0v) is 19.7. The summed E-state index contributed by atoms with van der Waals surface area (Å²) in [7, 11) is -2.29. The minimum Gasteiger partial charge on any atom is -0.389 e. The molecule has 1 aromatic heterocycles. The van der Waals surface area contributed by atoms with Crippen molar-refractivity contribution in [3.63, 3.8) is 0 Å². The number of imidazole rings is 1. The van der Waals surface area contributed by atoms with Crippen LogP contribution in [0.25, 0.3) is 0 Å². The van der Waals surface area contributed by atoms with Crippen LogP contribution < -0.4 is 5.32 Å². The van der Waals surface area contributed by atoms with Gasteiger partial charge in [0.25, 0.3) is 10.0 Å². The highest BCUT2D eigenvalue weighted by molar-refractivity contribution is 7.89. The van der Waals surface area contributed by atoms with Gasteiger partial charge < -0.3 is 24.5 Å². The van der Waals surface area contributed by atoms with Crippen LogP contribution >= 0.6 is 0 Å². The molecule has 12 heteroatoms. The Morgan fingerprint density at radius 3 is 2.74 bits per heavy atom. The van der Waals surface area contributed by atoms with Crippen LogP contribution in [-0.2, 0) is 37.9 Å². The molecule has 2 aliphatic rings. The molecule has 0 aliphatic carbocycles. The van der Waals surface area contributed by atoms with Gasteiger partial charge >= 0.3 is 0 Å². The Balaban J connectivity index is 1.41. The van der Waals surface area contributed by atoms with E-state index in [0.717, 1.165) is 5.56 Å². The average molecular weight is 497 g/mol. The van der Waals surface area contributed by atoms with Crippen molar-refractivity contribution in [2.24, 2.45) is 7.05 Å². The lowest BCUT2D eigenvalue weighted by Gasteiger charge is -2.43. The Labute approximate surface area is 197 Å². The summed E-state index contributed by atoms with van der Waals surface area (Å²) in [4.78, 5) is 16.4. The predicted octanol–water partition coefficient (Wildman–Crippen LogP) is 0.564. The van der Waals surface area contributed by atoms with Crippen LogP contribution in [-0.4, -0.2) is 77.4 Å². The van der Waals surface area contributed by atoms with Gasteiger partial charge in [0.2, 0.25) is 5.91 Å². The highest BCUT2D eigenvalue weighted by Crippen LogP contribution is 2.31. The summed E-state index contributed by atoms with van der Waals surface area (Å²) < 4.78 is 54.1. The van der Waals surface area contributed by atoms with E-state index >= 15 is 0 Å². The Morgan fingerprint density at radius 1 is 1.26 bits per heavy atom. The first-order valence-electron chi connectivity index (χ1n) is 11.1. The molecule has 186 valence electrons. The van der Waals surface area contributed by atoms with Gasteiger partial charge in [0, 0.05) is 26.3 Å². The second kappa shape index (κ2) is 10.5. The van der Waals surface area contributed by atoms with Gasteiger partial charge in [-0.3, -0.25) is 4.79 Å². The third-order valence-corrected chi connectivity index (χ3v) is 7.78. The SMILES string of the molecule is Cn1cnc(S(=O)(=O)N2C[C@@H](O)COC[C@@H]3O[C@H](CC(=O)NCc4ccc(F)cc4)CC[C@H]32)c1. The second-order valence-electron chi connectivity index (χ2n) is 8.69. The Bertz CT molecular complexity index is 1090. The number of carbonyl (C=O) groups excluding carboxylic acids is 1. The number of β-amino-alcohol motifs (C(OH)–C–C–N with tert-alkyl or cyclic N) is 1. The molecule has 0 spiro atoms. The number of aliphatic hydroxyl groups is 1. The first-order chi connectivity index (χ1) is 16.2. The molecular formula is C22H29FN4O6S.